The first-order chi connectivity index (χ1) is 13.6. The van der Waals surface area contributed by atoms with Gasteiger partial charge in [0.1, 0.15) is 5.82 Å². The summed E-state index contributed by atoms with van der Waals surface area (Å²) in [6, 6.07) is 4.42. The zero-order chi connectivity index (χ0) is 19.9. The molecule has 2 aliphatic rings. The van der Waals surface area contributed by atoms with Gasteiger partial charge in [-0.3, -0.25) is 4.79 Å². The van der Waals surface area contributed by atoms with E-state index in [1.807, 2.05) is 13.0 Å². The minimum Gasteiger partial charge on any atom is -0.481 e. The lowest BCUT2D eigenvalue weighted by molar-refractivity contribution is -0.137. The maximum Gasteiger partial charge on any atom is 0.304 e. The number of rotatable bonds is 9. The van der Waals surface area contributed by atoms with E-state index in [9.17, 15) is 9.90 Å². The summed E-state index contributed by atoms with van der Waals surface area (Å²) in [4.78, 5) is 18.5. The van der Waals surface area contributed by atoms with Crippen molar-refractivity contribution in [3.63, 3.8) is 0 Å². The molecule has 1 saturated heterocycles. The molecule has 0 saturated carbocycles. The van der Waals surface area contributed by atoms with Crippen LogP contribution in [0.25, 0.3) is 0 Å². The van der Waals surface area contributed by atoms with Gasteiger partial charge in [-0.1, -0.05) is 24.8 Å². The van der Waals surface area contributed by atoms with Crippen molar-refractivity contribution in [2.24, 2.45) is 11.8 Å². The van der Waals surface area contributed by atoms with Gasteiger partial charge in [0.25, 0.3) is 0 Å². The Kier molecular flexibility index (Phi) is 7.26. The molecule has 0 aromatic carbocycles. The topological polar surface area (TPSA) is 65.5 Å². The van der Waals surface area contributed by atoms with E-state index in [2.05, 4.69) is 28.9 Å². The molecule has 0 aliphatic carbocycles. The third-order valence-electron chi connectivity index (χ3n) is 6.07. The van der Waals surface area contributed by atoms with Crippen LogP contribution in [-0.2, 0) is 17.6 Å². The van der Waals surface area contributed by atoms with E-state index in [0.29, 0.717) is 5.92 Å². The van der Waals surface area contributed by atoms with E-state index >= 15 is 0 Å². The second kappa shape index (κ2) is 9.87. The third-order valence-corrected chi connectivity index (χ3v) is 6.07. The largest absolute Gasteiger partial charge is 0.481 e. The second-order valence-electron chi connectivity index (χ2n) is 8.08. The number of aliphatic carboxylic acids is 1. The highest BCUT2D eigenvalue weighted by Crippen LogP contribution is 2.26. The van der Waals surface area contributed by atoms with E-state index in [-0.39, 0.29) is 12.3 Å². The van der Waals surface area contributed by atoms with Crippen molar-refractivity contribution in [3.05, 3.63) is 47.7 Å². The van der Waals surface area contributed by atoms with Crippen molar-refractivity contribution in [3.8, 4) is 0 Å². The van der Waals surface area contributed by atoms with Crippen molar-refractivity contribution in [2.45, 2.75) is 45.4 Å². The minimum atomic E-state index is -0.742. The molecule has 152 valence electrons. The first kappa shape index (κ1) is 20.6. The second-order valence-corrected chi connectivity index (χ2v) is 8.08. The van der Waals surface area contributed by atoms with Gasteiger partial charge in [-0.05, 0) is 68.7 Å². The molecule has 28 heavy (non-hydrogen) atoms. The Bertz CT molecular complexity index is 729. The predicted octanol–water partition coefficient (Wildman–Crippen LogP) is 3.92. The molecule has 2 aliphatic heterocycles. The first-order valence-corrected chi connectivity index (χ1v) is 10.5. The van der Waals surface area contributed by atoms with Crippen LogP contribution in [0.3, 0.4) is 0 Å². The van der Waals surface area contributed by atoms with E-state index in [4.69, 9.17) is 4.98 Å². The molecule has 3 rings (SSSR count). The molecule has 5 nitrogen and oxygen atoms in total. The summed E-state index contributed by atoms with van der Waals surface area (Å²) < 4.78 is 0. The number of nitrogens with zero attached hydrogens (tertiary/aromatic N) is 2. The van der Waals surface area contributed by atoms with Gasteiger partial charge in [-0.15, -0.1) is 0 Å². The Morgan fingerprint density at radius 3 is 3.11 bits per heavy atom. The fourth-order valence-corrected chi connectivity index (χ4v) is 4.50. The van der Waals surface area contributed by atoms with Crippen LogP contribution in [0.1, 0.15) is 43.9 Å². The zero-order valence-electron chi connectivity index (χ0n) is 17.0. The van der Waals surface area contributed by atoms with Gasteiger partial charge in [0.2, 0.25) is 0 Å². The predicted molar refractivity (Wildman–Crippen MR) is 114 cm³/mol. The monoisotopic (exact) mass is 383 g/mol. The van der Waals surface area contributed by atoms with Gasteiger partial charge in [0, 0.05) is 31.2 Å². The van der Waals surface area contributed by atoms with E-state index in [0.717, 1.165) is 56.8 Å². The molecule has 5 heteroatoms. The number of likely N-dealkylation sites (tertiary alicyclic amines) is 1. The number of carboxylic acid groups (broad SMARTS) is 1. The molecule has 0 radical (unpaired) electrons. The quantitative estimate of drug-likeness (QED) is 0.633. The van der Waals surface area contributed by atoms with E-state index in [1.165, 1.54) is 24.1 Å². The summed E-state index contributed by atoms with van der Waals surface area (Å²) in [5.41, 5.74) is 3.56. The zero-order valence-corrected chi connectivity index (χ0v) is 17.0. The summed E-state index contributed by atoms with van der Waals surface area (Å²) in [5, 5.41) is 12.7. The Morgan fingerprint density at radius 2 is 2.36 bits per heavy atom. The van der Waals surface area contributed by atoms with Crippen LogP contribution in [0, 0.1) is 11.8 Å². The van der Waals surface area contributed by atoms with Gasteiger partial charge in [0.05, 0.1) is 6.42 Å². The van der Waals surface area contributed by atoms with Gasteiger partial charge in [-0.25, -0.2) is 4.98 Å². The summed E-state index contributed by atoms with van der Waals surface area (Å²) in [6.45, 7) is 9.73. The van der Waals surface area contributed by atoms with Crippen LogP contribution >= 0.6 is 0 Å². The molecule has 0 amide bonds. The van der Waals surface area contributed by atoms with Crippen molar-refractivity contribution in [2.75, 3.05) is 31.5 Å². The number of hydrogen-bond acceptors (Lipinski definition) is 4. The van der Waals surface area contributed by atoms with Crippen molar-refractivity contribution < 1.29 is 9.90 Å². The van der Waals surface area contributed by atoms with Crippen LogP contribution in [-0.4, -0.2) is 47.1 Å². The summed E-state index contributed by atoms with van der Waals surface area (Å²) in [7, 11) is 0. The molecule has 3 heterocycles. The number of carbonyl (C=O) groups is 1. The molecule has 0 bridgehead atoms. The molecular formula is C23H33N3O2. The van der Waals surface area contributed by atoms with Crippen LogP contribution in [0.4, 0.5) is 5.82 Å². The number of nitrogens with one attached hydrogen (secondary N) is 1. The van der Waals surface area contributed by atoms with Crippen molar-refractivity contribution in [1.29, 1.82) is 0 Å². The van der Waals surface area contributed by atoms with E-state index < -0.39 is 5.97 Å². The molecular weight excluding hydrogens is 350 g/mol. The van der Waals surface area contributed by atoms with Crippen molar-refractivity contribution >= 4 is 11.8 Å². The number of aromatic nitrogens is 1. The number of hydrogen-bond donors (Lipinski definition) is 2. The van der Waals surface area contributed by atoms with Gasteiger partial charge in [-0.2, -0.15) is 0 Å². The molecule has 0 spiro atoms. The lowest BCUT2D eigenvalue weighted by Crippen LogP contribution is -2.29. The fourth-order valence-electron chi connectivity index (χ4n) is 4.50. The summed E-state index contributed by atoms with van der Waals surface area (Å²) in [6.07, 6.45) is 9.61. The molecule has 1 aromatic heterocycles. The van der Waals surface area contributed by atoms with Crippen LogP contribution < -0.4 is 5.32 Å². The lowest BCUT2D eigenvalue weighted by Gasteiger charge is -2.24. The highest BCUT2D eigenvalue weighted by Gasteiger charge is 2.26. The number of fused-ring (bicyclic) bond motifs is 1. The van der Waals surface area contributed by atoms with Gasteiger partial charge >= 0.3 is 5.97 Å². The number of pyridine rings is 1. The third kappa shape index (κ3) is 5.44. The molecule has 1 fully saturated rings. The average molecular weight is 384 g/mol. The van der Waals surface area contributed by atoms with Crippen LogP contribution in [0.2, 0.25) is 0 Å². The molecule has 2 N–H and O–H groups in total. The number of aryl methyl sites for hydroxylation is 2. The fraction of sp³-hybridized carbons (Fsp3) is 0.565. The average Bonchev–Trinajstić information content (AvgIpc) is 3.14. The number of allylic oxidation sites excluding steroid dienone is 2. The maximum absolute atomic E-state index is 11.3. The maximum atomic E-state index is 11.3. The Morgan fingerprint density at radius 1 is 1.50 bits per heavy atom. The smallest absolute Gasteiger partial charge is 0.304 e. The first-order valence-electron chi connectivity index (χ1n) is 10.5. The van der Waals surface area contributed by atoms with E-state index in [1.54, 1.807) is 6.08 Å². The number of anilines is 1. The van der Waals surface area contributed by atoms with Gasteiger partial charge in [0.15, 0.2) is 0 Å². The highest BCUT2D eigenvalue weighted by atomic mass is 16.4. The molecule has 2 atom stereocenters. The SMILES string of the molecule is C=C/C(=C\C)C(CC(=O)O)CN1CCC(CCc2ccc3c(n2)NCCC3)C1. The highest BCUT2D eigenvalue weighted by molar-refractivity contribution is 5.67. The van der Waals surface area contributed by atoms with Gasteiger partial charge < -0.3 is 15.3 Å². The Hall–Kier alpha value is -2.14. The van der Waals surface area contributed by atoms with Crippen LogP contribution in [0.15, 0.2) is 36.4 Å². The lowest BCUT2D eigenvalue weighted by atomic mass is 9.94. The molecule has 1 aromatic rings. The minimum absolute atomic E-state index is 0.0205. The Balaban J connectivity index is 1.50. The number of carboxylic acids is 1. The van der Waals surface area contributed by atoms with Crippen molar-refractivity contribution in [1.82, 2.24) is 9.88 Å². The summed E-state index contributed by atoms with van der Waals surface area (Å²) >= 11 is 0. The Labute approximate surface area is 168 Å². The normalized spacial score (nSPS) is 21.0. The summed E-state index contributed by atoms with van der Waals surface area (Å²) in [5.74, 6) is 1.02. The molecule has 2 unspecified atom stereocenters. The standard InChI is InChI=1S/C23H33N3O2/c1-3-18(4-2)20(14-22(27)28)16-26-13-11-17(15-26)7-9-21-10-8-19-6-5-12-24-23(19)25-21/h3-4,8,10,17,20H,1,5-7,9,11-16H2,2H3,(H,24,25)(H,27,28)/b18-4+. The van der Waals surface area contributed by atoms with Crippen LogP contribution in [0.5, 0.6) is 0 Å².